The molecule has 0 fully saturated rings. The molecule has 84 valence electrons. The predicted octanol–water partition coefficient (Wildman–Crippen LogP) is 1.07. The zero-order valence-electron chi connectivity index (χ0n) is 8.70. The molecule has 1 heterocycles. The highest BCUT2D eigenvalue weighted by atomic mass is 35.5. The van der Waals surface area contributed by atoms with Crippen LogP contribution in [0.2, 0.25) is 5.15 Å². The summed E-state index contributed by atoms with van der Waals surface area (Å²) >= 11 is 5.79. The molecule has 2 N–H and O–H groups in total. The van der Waals surface area contributed by atoms with Crippen LogP contribution < -0.4 is 5.32 Å². The molecule has 0 saturated heterocycles. The van der Waals surface area contributed by atoms with E-state index in [4.69, 9.17) is 21.4 Å². The molecule has 0 amide bonds. The number of rotatable bonds is 5. The van der Waals surface area contributed by atoms with Gasteiger partial charge >= 0.3 is 0 Å². The molecule has 0 aliphatic heterocycles. The lowest BCUT2D eigenvalue weighted by Gasteiger charge is -2.08. The number of halogens is 1. The van der Waals surface area contributed by atoms with Gasteiger partial charge in [0.2, 0.25) is 0 Å². The first-order chi connectivity index (χ1) is 7.11. The Morgan fingerprint density at radius 2 is 2.33 bits per heavy atom. The molecule has 0 radical (unpaired) electrons. The van der Waals surface area contributed by atoms with Crippen LogP contribution in [0.5, 0.6) is 0 Å². The van der Waals surface area contributed by atoms with E-state index < -0.39 is 6.10 Å². The molecule has 0 saturated carbocycles. The summed E-state index contributed by atoms with van der Waals surface area (Å²) < 4.78 is 4.90. The van der Waals surface area contributed by atoms with Gasteiger partial charge in [0.25, 0.3) is 0 Å². The van der Waals surface area contributed by atoms with E-state index in [0.29, 0.717) is 29.9 Å². The van der Waals surface area contributed by atoms with Crippen molar-refractivity contribution in [3.63, 3.8) is 0 Å². The van der Waals surface area contributed by atoms with Gasteiger partial charge in [-0.1, -0.05) is 11.6 Å². The molecule has 0 bridgehead atoms. The Morgan fingerprint density at radius 1 is 1.60 bits per heavy atom. The van der Waals surface area contributed by atoms with Crippen molar-refractivity contribution in [3.05, 3.63) is 17.0 Å². The maximum atomic E-state index is 9.09. The van der Waals surface area contributed by atoms with E-state index in [0.717, 1.165) is 0 Å². The second-order valence-corrected chi connectivity index (χ2v) is 3.54. The number of aliphatic hydroxyl groups excluding tert-OH is 1. The summed E-state index contributed by atoms with van der Waals surface area (Å²) in [6.07, 6.45) is -0.440. The highest BCUT2D eigenvalue weighted by molar-refractivity contribution is 6.29. The molecule has 15 heavy (non-hydrogen) atoms. The van der Waals surface area contributed by atoms with Crippen LogP contribution in [0.1, 0.15) is 12.7 Å². The Bertz CT molecular complexity index is 320. The van der Waals surface area contributed by atoms with Gasteiger partial charge in [-0.05, 0) is 6.92 Å². The summed E-state index contributed by atoms with van der Waals surface area (Å²) in [4.78, 5) is 8.13. The maximum Gasteiger partial charge on any atom is 0.158 e. The van der Waals surface area contributed by atoms with Crippen molar-refractivity contribution >= 4 is 17.4 Å². The second-order valence-electron chi connectivity index (χ2n) is 3.16. The lowest BCUT2D eigenvalue weighted by atomic mass is 10.4. The van der Waals surface area contributed by atoms with Crippen LogP contribution in [0.3, 0.4) is 0 Å². The SMILES string of the molecule is COCc1nc(Cl)cc(NCC(C)O)n1. The zero-order chi connectivity index (χ0) is 11.3. The van der Waals surface area contributed by atoms with Crippen LogP contribution in [0.15, 0.2) is 6.07 Å². The minimum absolute atomic E-state index is 0.309. The fourth-order valence-electron chi connectivity index (χ4n) is 1.00. The van der Waals surface area contributed by atoms with E-state index in [9.17, 15) is 0 Å². The van der Waals surface area contributed by atoms with Crippen molar-refractivity contribution in [1.29, 1.82) is 0 Å². The van der Waals surface area contributed by atoms with Crippen molar-refractivity contribution in [2.45, 2.75) is 19.6 Å². The number of nitrogens with zero attached hydrogens (tertiary/aromatic N) is 2. The van der Waals surface area contributed by atoms with Gasteiger partial charge in [-0.25, -0.2) is 9.97 Å². The highest BCUT2D eigenvalue weighted by Gasteiger charge is 2.03. The van der Waals surface area contributed by atoms with Crippen LogP contribution >= 0.6 is 11.6 Å². The number of aliphatic hydroxyl groups is 1. The van der Waals surface area contributed by atoms with Gasteiger partial charge in [-0.3, -0.25) is 0 Å². The van der Waals surface area contributed by atoms with E-state index >= 15 is 0 Å². The first-order valence-electron chi connectivity index (χ1n) is 4.56. The summed E-state index contributed by atoms with van der Waals surface area (Å²) in [7, 11) is 1.56. The van der Waals surface area contributed by atoms with Gasteiger partial charge in [-0.15, -0.1) is 0 Å². The first kappa shape index (κ1) is 12.2. The summed E-state index contributed by atoms with van der Waals surface area (Å²) in [6.45, 7) is 2.41. The Hall–Kier alpha value is -0.910. The average Bonchev–Trinajstić information content (AvgIpc) is 2.14. The summed E-state index contributed by atoms with van der Waals surface area (Å²) in [5.74, 6) is 1.10. The fourth-order valence-corrected chi connectivity index (χ4v) is 1.20. The van der Waals surface area contributed by atoms with Gasteiger partial charge in [0.1, 0.15) is 17.6 Å². The lowest BCUT2D eigenvalue weighted by molar-refractivity contribution is 0.178. The number of methoxy groups -OCH3 is 1. The second kappa shape index (κ2) is 5.85. The van der Waals surface area contributed by atoms with Crippen molar-refractivity contribution in [2.24, 2.45) is 0 Å². The minimum atomic E-state index is -0.440. The molecule has 0 aromatic carbocycles. The molecule has 5 nitrogen and oxygen atoms in total. The molecular weight excluding hydrogens is 218 g/mol. The quantitative estimate of drug-likeness (QED) is 0.742. The number of ether oxygens (including phenoxy) is 1. The first-order valence-corrected chi connectivity index (χ1v) is 4.94. The number of hydrogen-bond acceptors (Lipinski definition) is 5. The molecule has 1 atom stereocenters. The standard InChI is InChI=1S/C9H14ClN3O2/c1-6(14)4-11-8-3-7(10)12-9(13-8)5-15-2/h3,6,14H,4-5H2,1-2H3,(H,11,12,13). The van der Waals surface area contributed by atoms with Gasteiger partial charge in [0.05, 0.1) is 6.10 Å². The third kappa shape index (κ3) is 4.42. The lowest BCUT2D eigenvalue weighted by Crippen LogP contribution is -2.16. The van der Waals surface area contributed by atoms with E-state index in [2.05, 4.69) is 15.3 Å². The van der Waals surface area contributed by atoms with Crippen molar-refractivity contribution in [3.8, 4) is 0 Å². The topological polar surface area (TPSA) is 67.3 Å². The summed E-state index contributed by atoms with van der Waals surface area (Å²) in [5, 5.41) is 12.4. The summed E-state index contributed by atoms with van der Waals surface area (Å²) in [6, 6.07) is 1.60. The monoisotopic (exact) mass is 231 g/mol. The molecule has 0 aliphatic carbocycles. The maximum absolute atomic E-state index is 9.09. The predicted molar refractivity (Wildman–Crippen MR) is 57.9 cm³/mol. The van der Waals surface area contributed by atoms with Gasteiger partial charge in [-0.2, -0.15) is 0 Å². The van der Waals surface area contributed by atoms with Crippen LogP contribution in [0, 0.1) is 0 Å². The Morgan fingerprint density at radius 3 is 2.93 bits per heavy atom. The molecule has 6 heteroatoms. The molecule has 1 aromatic rings. The van der Waals surface area contributed by atoms with Crippen molar-refractivity contribution < 1.29 is 9.84 Å². The summed E-state index contributed by atoms with van der Waals surface area (Å²) in [5.41, 5.74) is 0. The average molecular weight is 232 g/mol. The van der Waals surface area contributed by atoms with Gasteiger partial charge in [0.15, 0.2) is 5.82 Å². The molecule has 0 aliphatic rings. The fraction of sp³-hybridized carbons (Fsp3) is 0.556. The third-order valence-electron chi connectivity index (χ3n) is 1.59. The Balaban J connectivity index is 2.70. The number of aromatic nitrogens is 2. The molecule has 1 rings (SSSR count). The Kier molecular flexibility index (Phi) is 4.74. The van der Waals surface area contributed by atoms with Crippen LogP contribution in [0.4, 0.5) is 5.82 Å². The smallest absolute Gasteiger partial charge is 0.158 e. The molecule has 1 unspecified atom stereocenters. The van der Waals surface area contributed by atoms with Crippen molar-refractivity contribution in [2.75, 3.05) is 19.0 Å². The van der Waals surface area contributed by atoms with E-state index in [1.807, 2.05) is 0 Å². The third-order valence-corrected chi connectivity index (χ3v) is 1.79. The van der Waals surface area contributed by atoms with Crippen LogP contribution in [-0.2, 0) is 11.3 Å². The van der Waals surface area contributed by atoms with Crippen LogP contribution in [-0.4, -0.2) is 34.8 Å². The number of nitrogens with one attached hydrogen (secondary N) is 1. The molecule has 0 spiro atoms. The minimum Gasteiger partial charge on any atom is -0.392 e. The van der Waals surface area contributed by atoms with Gasteiger partial charge in [0, 0.05) is 19.7 Å². The van der Waals surface area contributed by atoms with Gasteiger partial charge < -0.3 is 15.2 Å². The number of anilines is 1. The Labute approximate surface area is 93.5 Å². The van der Waals surface area contributed by atoms with E-state index in [1.54, 1.807) is 20.1 Å². The normalized spacial score (nSPS) is 12.5. The van der Waals surface area contributed by atoms with E-state index in [1.165, 1.54) is 0 Å². The number of hydrogen-bond donors (Lipinski definition) is 2. The highest BCUT2D eigenvalue weighted by Crippen LogP contribution is 2.11. The van der Waals surface area contributed by atoms with Crippen molar-refractivity contribution in [1.82, 2.24) is 9.97 Å². The van der Waals surface area contributed by atoms with Crippen LogP contribution in [0.25, 0.3) is 0 Å². The molecular formula is C9H14ClN3O2. The molecule has 1 aromatic heterocycles. The largest absolute Gasteiger partial charge is 0.392 e. The zero-order valence-corrected chi connectivity index (χ0v) is 9.45. The van der Waals surface area contributed by atoms with E-state index in [-0.39, 0.29) is 0 Å².